The van der Waals surface area contributed by atoms with Gasteiger partial charge in [0.15, 0.2) is 5.75 Å². The Balaban J connectivity index is 1.74. The third-order valence-corrected chi connectivity index (χ3v) is 6.06. The van der Waals surface area contributed by atoms with Gasteiger partial charge in [0.2, 0.25) is 0 Å². The SMILES string of the molecule is CSCC[C@H](NC(=O)OCc1ccccc1)C(=O)Oc1cc2oc(=O)c(C)c(C)c2cc1Cl. The number of nitrogens with one attached hydrogen (secondary N) is 1. The van der Waals surface area contributed by atoms with Crippen LogP contribution in [0.1, 0.15) is 23.1 Å². The Labute approximate surface area is 200 Å². The molecule has 0 fully saturated rings. The van der Waals surface area contributed by atoms with E-state index in [2.05, 4.69) is 5.32 Å². The van der Waals surface area contributed by atoms with Gasteiger partial charge in [0.1, 0.15) is 18.2 Å². The minimum atomic E-state index is -0.945. The molecule has 1 N–H and O–H groups in total. The molecule has 3 aromatic rings. The molecule has 0 saturated heterocycles. The Morgan fingerprint density at radius 1 is 1.15 bits per heavy atom. The van der Waals surface area contributed by atoms with Crippen molar-refractivity contribution in [3.05, 3.63) is 74.6 Å². The first kappa shape index (κ1) is 24.7. The minimum Gasteiger partial charge on any atom is -0.445 e. The predicted molar refractivity (Wildman–Crippen MR) is 129 cm³/mol. The minimum absolute atomic E-state index is 0.0363. The van der Waals surface area contributed by atoms with Crippen molar-refractivity contribution in [2.24, 2.45) is 0 Å². The monoisotopic (exact) mass is 489 g/mol. The van der Waals surface area contributed by atoms with E-state index < -0.39 is 23.7 Å². The highest BCUT2D eigenvalue weighted by Gasteiger charge is 2.25. The number of rotatable bonds is 8. The smallest absolute Gasteiger partial charge is 0.408 e. The van der Waals surface area contributed by atoms with E-state index in [1.165, 1.54) is 17.8 Å². The summed E-state index contributed by atoms with van der Waals surface area (Å²) in [5.41, 5.74) is 1.83. The number of halogens is 1. The molecule has 174 valence electrons. The molecule has 1 atom stereocenters. The van der Waals surface area contributed by atoms with Gasteiger partial charge in [0.25, 0.3) is 0 Å². The number of carbonyl (C=O) groups excluding carboxylic acids is 2. The number of hydrogen-bond acceptors (Lipinski definition) is 7. The van der Waals surface area contributed by atoms with E-state index in [4.69, 9.17) is 25.5 Å². The van der Waals surface area contributed by atoms with E-state index in [0.717, 1.165) is 11.1 Å². The van der Waals surface area contributed by atoms with Gasteiger partial charge in [-0.3, -0.25) is 0 Å². The Morgan fingerprint density at radius 2 is 1.88 bits per heavy atom. The van der Waals surface area contributed by atoms with Crippen molar-refractivity contribution in [1.82, 2.24) is 5.32 Å². The maximum absolute atomic E-state index is 12.9. The lowest BCUT2D eigenvalue weighted by molar-refractivity contribution is -0.136. The van der Waals surface area contributed by atoms with Gasteiger partial charge in [0, 0.05) is 17.0 Å². The highest BCUT2D eigenvalue weighted by Crippen LogP contribution is 2.32. The lowest BCUT2D eigenvalue weighted by atomic mass is 10.1. The number of alkyl carbamates (subject to hydrolysis) is 1. The summed E-state index contributed by atoms with van der Waals surface area (Å²) in [6.45, 7) is 3.53. The lowest BCUT2D eigenvalue weighted by Crippen LogP contribution is -2.43. The standard InChI is InChI=1S/C24H24ClNO6S/c1-14-15(2)22(27)31-20-12-21(18(25)11-17(14)20)32-23(28)19(9-10-33-3)26-24(29)30-13-16-7-5-4-6-8-16/h4-8,11-12,19H,9-10,13H2,1-3H3,(H,26,29)/t19-/m0/s1. The number of fused-ring (bicyclic) bond motifs is 1. The summed E-state index contributed by atoms with van der Waals surface area (Å²) in [5.74, 6) is -0.0559. The van der Waals surface area contributed by atoms with Crippen molar-refractivity contribution in [3.63, 3.8) is 0 Å². The normalized spacial score (nSPS) is 11.8. The molecule has 3 rings (SSSR count). The second kappa shape index (κ2) is 11.2. The van der Waals surface area contributed by atoms with Crippen LogP contribution in [-0.4, -0.2) is 30.1 Å². The third-order valence-electron chi connectivity index (χ3n) is 5.12. The molecule has 0 bridgehead atoms. The van der Waals surface area contributed by atoms with Crippen LogP contribution in [0.25, 0.3) is 11.0 Å². The van der Waals surface area contributed by atoms with E-state index in [0.29, 0.717) is 23.1 Å². The molecule has 0 aliphatic rings. The van der Waals surface area contributed by atoms with Crippen molar-refractivity contribution >= 4 is 46.4 Å². The molecule has 0 spiro atoms. The summed E-state index contributed by atoms with van der Waals surface area (Å²) < 4.78 is 16.0. The average Bonchev–Trinajstić information content (AvgIpc) is 2.81. The van der Waals surface area contributed by atoms with Crippen molar-refractivity contribution in [1.29, 1.82) is 0 Å². The number of ether oxygens (including phenoxy) is 2. The van der Waals surface area contributed by atoms with Crippen LogP contribution in [0.3, 0.4) is 0 Å². The van der Waals surface area contributed by atoms with Gasteiger partial charge < -0.3 is 19.2 Å². The maximum atomic E-state index is 12.9. The van der Waals surface area contributed by atoms with Gasteiger partial charge in [-0.1, -0.05) is 41.9 Å². The van der Waals surface area contributed by atoms with Gasteiger partial charge in [-0.25, -0.2) is 14.4 Å². The first-order chi connectivity index (χ1) is 15.8. The van der Waals surface area contributed by atoms with Crippen LogP contribution in [0.4, 0.5) is 4.79 Å². The second-order valence-electron chi connectivity index (χ2n) is 7.38. The molecule has 1 heterocycles. The quantitative estimate of drug-likeness (QED) is 0.270. The number of hydrogen-bond donors (Lipinski definition) is 1. The first-order valence-corrected chi connectivity index (χ1v) is 12.0. The van der Waals surface area contributed by atoms with E-state index in [-0.39, 0.29) is 23.0 Å². The fourth-order valence-corrected chi connectivity index (χ4v) is 3.77. The second-order valence-corrected chi connectivity index (χ2v) is 8.77. The van der Waals surface area contributed by atoms with Crippen molar-refractivity contribution in [2.45, 2.75) is 32.9 Å². The highest BCUT2D eigenvalue weighted by molar-refractivity contribution is 7.98. The molecule has 2 aromatic carbocycles. The van der Waals surface area contributed by atoms with E-state index in [1.807, 2.05) is 36.6 Å². The Hall–Kier alpha value is -2.97. The Kier molecular flexibility index (Phi) is 8.41. The fraction of sp³-hybridized carbons (Fsp3) is 0.292. The zero-order valence-corrected chi connectivity index (χ0v) is 20.0. The summed E-state index contributed by atoms with van der Waals surface area (Å²) in [7, 11) is 0. The molecule has 0 radical (unpaired) electrons. The molecule has 1 amide bonds. The summed E-state index contributed by atoms with van der Waals surface area (Å²) in [4.78, 5) is 37.1. The summed E-state index contributed by atoms with van der Waals surface area (Å²) in [6, 6.07) is 11.3. The van der Waals surface area contributed by atoms with Gasteiger partial charge in [-0.05, 0) is 49.5 Å². The average molecular weight is 490 g/mol. The number of carbonyl (C=O) groups is 2. The van der Waals surface area contributed by atoms with Crippen molar-refractivity contribution in [2.75, 3.05) is 12.0 Å². The van der Waals surface area contributed by atoms with E-state index in [9.17, 15) is 14.4 Å². The largest absolute Gasteiger partial charge is 0.445 e. The zero-order chi connectivity index (χ0) is 24.0. The molecule has 33 heavy (non-hydrogen) atoms. The van der Waals surface area contributed by atoms with Crippen LogP contribution in [0, 0.1) is 13.8 Å². The fourth-order valence-electron chi connectivity index (χ4n) is 3.09. The number of amides is 1. The van der Waals surface area contributed by atoms with Crippen LogP contribution >= 0.6 is 23.4 Å². The van der Waals surface area contributed by atoms with Gasteiger partial charge in [-0.2, -0.15) is 11.8 Å². The molecule has 0 saturated carbocycles. The third kappa shape index (κ3) is 6.30. The first-order valence-electron chi connectivity index (χ1n) is 10.2. The lowest BCUT2D eigenvalue weighted by Gasteiger charge is -2.18. The van der Waals surface area contributed by atoms with Crippen molar-refractivity contribution < 1.29 is 23.5 Å². The van der Waals surface area contributed by atoms with Crippen LogP contribution in [0.2, 0.25) is 5.02 Å². The zero-order valence-electron chi connectivity index (χ0n) is 18.5. The van der Waals surface area contributed by atoms with Gasteiger partial charge >= 0.3 is 17.7 Å². The Morgan fingerprint density at radius 3 is 2.58 bits per heavy atom. The van der Waals surface area contributed by atoms with Crippen LogP contribution in [0.15, 0.2) is 51.7 Å². The van der Waals surface area contributed by atoms with E-state index in [1.54, 1.807) is 19.9 Å². The molecule has 0 aliphatic carbocycles. The van der Waals surface area contributed by atoms with E-state index >= 15 is 0 Å². The maximum Gasteiger partial charge on any atom is 0.408 e. The highest BCUT2D eigenvalue weighted by atomic mass is 35.5. The van der Waals surface area contributed by atoms with Crippen LogP contribution in [0.5, 0.6) is 5.75 Å². The molecule has 1 aromatic heterocycles. The topological polar surface area (TPSA) is 94.8 Å². The predicted octanol–water partition coefficient (Wildman–Crippen LogP) is 5.02. The molecule has 9 heteroatoms. The van der Waals surface area contributed by atoms with Gasteiger partial charge in [0.05, 0.1) is 5.02 Å². The number of aryl methyl sites for hydroxylation is 1. The summed E-state index contributed by atoms with van der Waals surface area (Å²) in [6.07, 6.45) is 1.49. The van der Waals surface area contributed by atoms with Gasteiger partial charge in [-0.15, -0.1) is 0 Å². The number of thioether (sulfide) groups is 1. The van der Waals surface area contributed by atoms with Crippen LogP contribution in [-0.2, 0) is 16.1 Å². The van der Waals surface area contributed by atoms with Crippen LogP contribution < -0.4 is 15.7 Å². The summed E-state index contributed by atoms with van der Waals surface area (Å²) >= 11 is 7.86. The molecular weight excluding hydrogens is 466 g/mol. The molecule has 0 aliphatic heterocycles. The van der Waals surface area contributed by atoms with Crippen molar-refractivity contribution in [3.8, 4) is 5.75 Å². The number of benzene rings is 2. The molecular formula is C24H24ClNO6S. The Bertz CT molecular complexity index is 1210. The molecule has 7 nitrogen and oxygen atoms in total. The summed E-state index contributed by atoms with van der Waals surface area (Å²) in [5, 5.41) is 3.39. The molecule has 0 unspecified atom stereocenters. The number of esters is 1.